The number of amides is 1. The van der Waals surface area contributed by atoms with Gasteiger partial charge >= 0.3 is 0 Å². The summed E-state index contributed by atoms with van der Waals surface area (Å²) in [4.78, 5) is 12.3. The first-order valence-corrected chi connectivity index (χ1v) is 9.51. The number of nitrogens with zero attached hydrogens (tertiary/aromatic N) is 2. The van der Waals surface area contributed by atoms with E-state index in [-0.39, 0.29) is 23.0 Å². The largest absolute Gasteiger partial charge is 0.492 e. The molecule has 0 aliphatic rings. The van der Waals surface area contributed by atoms with E-state index in [1.807, 2.05) is 0 Å². The minimum atomic E-state index is -3.72. The number of carbonyl (C=O) groups is 1. The highest BCUT2D eigenvalue weighted by Gasteiger charge is 2.23. The van der Waals surface area contributed by atoms with Gasteiger partial charge in [-0.15, -0.1) is 0 Å². The molecule has 2 aromatic rings. The Bertz CT molecular complexity index is 884. The van der Waals surface area contributed by atoms with Crippen LogP contribution in [0.3, 0.4) is 0 Å². The Morgan fingerprint density at radius 2 is 2.00 bits per heavy atom. The molecule has 0 bridgehead atoms. The van der Waals surface area contributed by atoms with Crippen LogP contribution >= 0.6 is 0 Å². The molecule has 8 nitrogen and oxygen atoms in total. The van der Waals surface area contributed by atoms with E-state index in [0.29, 0.717) is 23.7 Å². The fourth-order valence-electron chi connectivity index (χ4n) is 2.38. The van der Waals surface area contributed by atoms with E-state index in [0.717, 1.165) is 9.87 Å². The third kappa shape index (κ3) is 4.23. The van der Waals surface area contributed by atoms with E-state index in [1.54, 1.807) is 26.8 Å². The average Bonchev–Trinajstić information content (AvgIpc) is 2.88. The van der Waals surface area contributed by atoms with Gasteiger partial charge in [0.25, 0.3) is 0 Å². The number of aromatic nitrogens is 1. The SMILES string of the molecule is CCOc1ccc(NC(=O)Cc2c(C)noc2C)cc1S(=O)(=O)N(C)C. The van der Waals surface area contributed by atoms with Gasteiger partial charge in [0.05, 0.1) is 18.7 Å². The van der Waals surface area contributed by atoms with Crippen LogP contribution in [0.25, 0.3) is 0 Å². The topological polar surface area (TPSA) is 102 Å². The molecule has 2 rings (SSSR count). The molecule has 0 saturated heterocycles. The number of sulfonamides is 1. The molecule has 1 aromatic heterocycles. The van der Waals surface area contributed by atoms with Crippen molar-refractivity contribution < 1.29 is 22.5 Å². The monoisotopic (exact) mass is 381 g/mol. The molecule has 1 amide bonds. The Balaban J connectivity index is 2.29. The van der Waals surface area contributed by atoms with Crippen molar-refractivity contribution in [3.8, 4) is 5.75 Å². The smallest absolute Gasteiger partial charge is 0.246 e. The number of anilines is 1. The number of hydrogen-bond donors (Lipinski definition) is 1. The molecular formula is C17H23N3O5S. The molecule has 142 valence electrons. The maximum atomic E-state index is 12.5. The minimum Gasteiger partial charge on any atom is -0.492 e. The summed E-state index contributed by atoms with van der Waals surface area (Å²) < 4.78 is 36.6. The van der Waals surface area contributed by atoms with Crippen LogP contribution in [0.2, 0.25) is 0 Å². The summed E-state index contributed by atoms with van der Waals surface area (Å²) in [5.74, 6) is 0.530. The molecule has 9 heteroatoms. The summed E-state index contributed by atoms with van der Waals surface area (Å²) >= 11 is 0. The van der Waals surface area contributed by atoms with Gasteiger partial charge in [0, 0.05) is 25.3 Å². The molecule has 0 spiro atoms. The zero-order valence-corrected chi connectivity index (χ0v) is 16.3. The van der Waals surface area contributed by atoms with Crippen LogP contribution in [-0.2, 0) is 21.2 Å². The van der Waals surface area contributed by atoms with Crippen LogP contribution in [-0.4, -0.2) is 44.5 Å². The second-order valence-electron chi connectivity index (χ2n) is 5.91. The fraction of sp³-hybridized carbons (Fsp3) is 0.412. The summed E-state index contributed by atoms with van der Waals surface area (Å²) in [5.41, 5.74) is 1.74. The quantitative estimate of drug-likeness (QED) is 0.788. The van der Waals surface area contributed by atoms with Crippen LogP contribution < -0.4 is 10.1 Å². The molecule has 0 aliphatic carbocycles. The van der Waals surface area contributed by atoms with Gasteiger partial charge in [-0.2, -0.15) is 0 Å². The van der Waals surface area contributed by atoms with Gasteiger partial charge in [-0.1, -0.05) is 5.16 Å². The lowest BCUT2D eigenvalue weighted by atomic mass is 10.1. The van der Waals surface area contributed by atoms with E-state index in [4.69, 9.17) is 9.26 Å². The maximum Gasteiger partial charge on any atom is 0.246 e. The van der Waals surface area contributed by atoms with E-state index >= 15 is 0 Å². The standard InChI is InChI=1S/C17H23N3O5S/c1-6-24-15-8-7-13(9-16(15)26(22,23)20(4)5)18-17(21)10-14-11(2)19-25-12(14)3/h7-9H,6,10H2,1-5H3,(H,18,21). The van der Waals surface area contributed by atoms with Crippen LogP contribution in [0, 0.1) is 13.8 Å². The Labute approximate surface area is 153 Å². The first-order valence-electron chi connectivity index (χ1n) is 8.07. The summed E-state index contributed by atoms with van der Waals surface area (Å²) in [6.45, 7) is 5.60. The normalized spacial score (nSPS) is 11.6. The first-order chi connectivity index (χ1) is 12.2. The Morgan fingerprint density at radius 3 is 2.54 bits per heavy atom. The molecule has 0 saturated carbocycles. The highest BCUT2D eigenvalue weighted by atomic mass is 32.2. The Morgan fingerprint density at radius 1 is 1.31 bits per heavy atom. The summed E-state index contributed by atoms with van der Waals surface area (Å²) in [6.07, 6.45) is 0.0874. The zero-order valence-electron chi connectivity index (χ0n) is 15.5. The molecule has 0 atom stereocenters. The molecule has 1 aromatic carbocycles. The van der Waals surface area contributed by atoms with Crippen LogP contribution in [0.4, 0.5) is 5.69 Å². The predicted molar refractivity (Wildman–Crippen MR) is 96.8 cm³/mol. The van der Waals surface area contributed by atoms with Crippen molar-refractivity contribution in [2.24, 2.45) is 0 Å². The molecule has 1 N–H and O–H groups in total. The van der Waals surface area contributed by atoms with Gasteiger partial charge in [-0.25, -0.2) is 12.7 Å². The van der Waals surface area contributed by atoms with Crippen molar-refractivity contribution in [1.82, 2.24) is 9.46 Å². The van der Waals surface area contributed by atoms with Gasteiger partial charge in [-0.05, 0) is 39.0 Å². The summed E-state index contributed by atoms with van der Waals surface area (Å²) in [7, 11) is -0.843. The molecule has 0 unspecified atom stereocenters. The number of aryl methyl sites for hydroxylation is 2. The van der Waals surface area contributed by atoms with Crippen molar-refractivity contribution in [2.75, 3.05) is 26.0 Å². The zero-order chi connectivity index (χ0) is 19.5. The van der Waals surface area contributed by atoms with Crippen molar-refractivity contribution >= 4 is 21.6 Å². The van der Waals surface area contributed by atoms with E-state index in [1.165, 1.54) is 26.2 Å². The van der Waals surface area contributed by atoms with Crippen molar-refractivity contribution in [3.63, 3.8) is 0 Å². The summed E-state index contributed by atoms with van der Waals surface area (Å²) in [5, 5.41) is 6.53. The second-order valence-corrected chi connectivity index (χ2v) is 8.03. The minimum absolute atomic E-state index is 0.000473. The average molecular weight is 381 g/mol. The third-order valence-corrected chi connectivity index (χ3v) is 5.64. The third-order valence-electron chi connectivity index (χ3n) is 3.80. The molecular weight excluding hydrogens is 358 g/mol. The van der Waals surface area contributed by atoms with E-state index in [9.17, 15) is 13.2 Å². The number of nitrogens with one attached hydrogen (secondary N) is 1. The number of hydrogen-bond acceptors (Lipinski definition) is 6. The van der Waals surface area contributed by atoms with Crippen molar-refractivity contribution in [3.05, 3.63) is 35.2 Å². The van der Waals surface area contributed by atoms with Gasteiger partial charge < -0.3 is 14.6 Å². The molecule has 26 heavy (non-hydrogen) atoms. The molecule has 0 radical (unpaired) electrons. The Kier molecular flexibility index (Phi) is 6.04. The number of ether oxygens (including phenoxy) is 1. The van der Waals surface area contributed by atoms with Crippen LogP contribution in [0.15, 0.2) is 27.6 Å². The van der Waals surface area contributed by atoms with Crippen molar-refractivity contribution in [2.45, 2.75) is 32.1 Å². The van der Waals surface area contributed by atoms with Crippen molar-refractivity contribution in [1.29, 1.82) is 0 Å². The lowest BCUT2D eigenvalue weighted by Gasteiger charge is -2.16. The van der Waals surface area contributed by atoms with Gasteiger partial charge in [0.1, 0.15) is 16.4 Å². The fourth-order valence-corrected chi connectivity index (χ4v) is 3.43. The molecule has 0 aliphatic heterocycles. The van der Waals surface area contributed by atoms with E-state index in [2.05, 4.69) is 10.5 Å². The van der Waals surface area contributed by atoms with Gasteiger partial charge in [0.2, 0.25) is 15.9 Å². The number of rotatable bonds is 7. The predicted octanol–water partition coefficient (Wildman–Crippen LogP) is 2.12. The maximum absolute atomic E-state index is 12.5. The van der Waals surface area contributed by atoms with E-state index < -0.39 is 10.0 Å². The summed E-state index contributed by atoms with van der Waals surface area (Å²) in [6, 6.07) is 4.53. The highest BCUT2D eigenvalue weighted by molar-refractivity contribution is 7.89. The first kappa shape index (κ1) is 19.9. The molecule has 0 fully saturated rings. The number of carbonyl (C=O) groups excluding carboxylic acids is 1. The molecule has 1 heterocycles. The Hall–Kier alpha value is -2.39. The lowest BCUT2D eigenvalue weighted by molar-refractivity contribution is -0.115. The highest BCUT2D eigenvalue weighted by Crippen LogP contribution is 2.29. The van der Waals surface area contributed by atoms with Crippen LogP contribution in [0.5, 0.6) is 5.75 Å². The van der Waals surface area contributed by atoms with Crippen LogP contribution in [0.1, 0.15) is 23.9 Å². The van der Waals surface area contributed by atoms with Gasteiger partial charge in [-0.3, -0.25) is 4.79 Å². The lowest BCUT2D eigenvalue weighted by Crippen LogP contribution is -2.23. The second kappa shape index (κ2) is 7.88. The van der Waals surface area contributed by atoms with Gasteiger partial charge in [0.15, 0.2) is 0 Å². The number of benzene rings is 1.